The van der Waals surface area contributed by atoms with E-state index in [-0.39, 0.29) is 18.4 Å². The van der Waals surface area contributed by atoms with Crippen molar-refractivity contribution in [1.82, 2.24) is 4.98 Å². The number of hydrogen-bond acceptors (Lipinski definition) is 4. The number of nitrogens with zero attached hydrogens (tertiary/aromatic N) is 1. The van der Waals surface area contributed by atoms with Gasteiger partial charge in [-0.05, 0) is 31.7 Å². The van der Waals surface area contributed by atoms with Gasteiger partial charge in [0.2, 0.25) is 0 Å². The van der Waals surface area contributed by atoms with Crippen molar-refractivity contribution in [3.05, 3.63) is 29.6 Å². The third-order valence-corrected chi connectivity index (χ3v) is 7.51. The Bertz CT molecular complexity index is 710. The van der Waals surface area contributed by atoms with Gasteiger partial charge in [0.05, 0.1) is 16.1 Å². The van der Waals surface area contributed by atoms with E-state index in [0.717, 1.165) is 18.7 Å². The van der Waals surface area contributed by atoms with E-state index < -0.39 is 43.8 Å². The molecule has 2 fully saturated rings. The van der Waals surface area contributed by atoms with Gasteiger partial charge in [-0.25, -0.2) is 8.42 Å². The fourth-order valence-corrected chi connectivity index (χ4v) is 6.12. The second-order valence-electron chi connectivity index (χ2n) is 6.26. The Morgan fingerprint density at radius 1 is 1.13 bits per heavy atom. The van der Waals surface area contributed by atoms with E-state index in [4.69, 9.17) is 0 Å². The number of pyridine rings is 1. The summed E-state index contributed by atoms with van der Waals surface area (Å²) in [6, 6.07) is 0.800. The Balaban J connectivity index is 1.85. The molecule has 1 aromatic rings. The zero-order chi connectivity index (χ0) is 16.8. The first-order chi connectivity index (χ1) is 10.7. The highest BCUT2D eigenvalue weighted by atomic mass is 32.2. The predicted molar refractivity (Wildman–Crippen MR) is 76.6 cm³/mol. The predicted octanol–water partition coefficient (Wildman–Crippen LogP) is 3.03. The summed E-state index contributed by atoms with van der Waals surface area (Å²) in [6.07, 6.45) is -0.474. The molecule has 0 aromatic carbocycles. The SMILES string of the molecule is O=C(c1cncc(C(F)(F)F)c1)C1CC2CCCC(C1)S2(=O)=O. The van der Waals surface area contributed by atoms with Gasteiger partial charge >= 0.3 is 6.18 Å². The molecular weight excluding hydrogens is 331 g/mol. The maximum atomic E-state index is 12.7. The second-order valence-corrected chi connectivity index (χ2v) is 8.77. The van der Waals surface area contributed by atoms with Crippen LogP contribution in [0.5, 0.6) is 0 Å². The molecule has 0 radical (unpaired) electrons. The van der Waals surface area contributed by atoms with Crippen LogP contribution in [-0.2, 0) is 16.0 Å². The van der Waals surface area contributed by atoms with Gasteiger partial charge in [0, 0.05) is 23.9 Å². The van der Waals surface area contributed by atoms with E-state index in [1.807, 2.05) is 0 Å². The molecule has 3 heterocycles. The molecule has 2 bridgehead atoms. The van der Waals surface area contributed by atoms with Crippen molar-refractivity contribution in [1.29, 1.82) is 0 Å². The molecule has 4 nitrogen and oxygen atoms in total. The Kier molecular flexibility index (Phi) is 3.98. The van der Waals surface area contributed by atoms with Gasteiger partial charge in [0.15, 0.2) is 15.6 Å². The number of hydrogen-bond donors (Lipinski definition) is 0. The van der Waals surface area contributed by atoms with E-state index in [9.17, 15) is 26.4 Å². The van der Waals surface area contributed by atoms with Crippen LogP contribution >= 0.6 is 0 Å². The highest BCUT2D eigenvalue weighted by Gasteiger charge is 2.46. The normalized spacial score (nSPS) is 30.0. The molecule has 23 heavy (non-hydrogen) atoms. The summed E-state index contributed by atoms with van der Waals surface area (Å²) in [5, 5.41) is -1.08. The van der Waals surface area contributed by atoms with Crippen LogP contribution in [0.4, 0.5) is 13.2 Å². The molecule has 0 spiro atoms. The fraction of sp³-hybridized carbons (Fsp3) is 0.600. The standard InChI is InChI=1S/C15H16F3NO3S/c16-15(17,18)11-4-10(7-19-8-11)14(20)9-5-12-2-1-3-13(6-9)23(12,21)22/h4,7-9,12-13H,1-3,5-6H2. The molecule has 2 saturated heterocycles. The van der Waals surface area contributed by atoms with Gasteiger partial charge in [0.1, 0.15) is 0 Å². The number of fused-ring (bicyclic) bond motifs is 2. The lowest BCUT2D eigenvalue weighted by Gasteiger charge is -2.38. The smallest absolute Gasteiger partial charge is 0.294 e. The molecule has 1 aromatic heterocycles. The van der Waals surface area contributed by atoms with Crippen LogP contribution in [-0.4, -0.2) is 29.7 Å². The van der Waals surface area contributed by atoms with Crippen LogP contribution in [0.25, 0.3) is 0 Å². The average Bonchev–Trinajstić information content (AvgIpc) is 2.44. The van der Waals surface area contributed by atoms with E-state index in [2.05, 4.69) is 4.98 Å². The largest absolute Gasteiger partial charge is 0.417 e. The summed E-state index contributed by atoms with van der Waals surface area (Å²) >= 11 is 0. The number of aromatic nitrogens is 1. The Morgan fingerprint density at radius 3 is 2.30 bits per heavy atom. The number of sulfone groups is 1. The van der Waals surface area contributed by atoms with Crippen molar-refractivity contribution in [3.8, 4) is 0 Å². The second kappa shape index (κ2) is 5.58. The van der Waals surface area contributed by atoms with E-state index in [1.54, 1.807) is 0 Å². The molecule has 126 valence electrons. The third kappa shape index (κ3) is 3.00. The molecule has 2 aliphatic rings. The summed E-state index contributed by atoms with van der Waals surface area (Å²) in [6.45, 7) is 0. The molecule has 8 heteroatoms. The van der Waals surface area contributed by atoms with Crippen molar-refractivity contribution in [2.24, 2.45) is 5.92 Å². The highest BCUT2D eigenvalue weighted by molar-refractivity contribution is 7.92. The molecule has 3 rings (SSSR count). The van der Waals surface area contributed by atoms with Gasteiger partial charge < -0.3 is 0 Å². The van der Waals surface area contributed by atoms with Crippen molar-refractivity contribution >= 4 is 15.6 Å². The molecule has 2 unspecified atom stereocenters. The van der Waals surface area contributed by atoms with Crippen LogP contribution in [0, 0.1) is 5.92 Å². The number of ketones is 1. The first-order valence-corrected chi connectivity index (χ1v) is 9.09. The molecule has 2 aliphatic heterocycles. The Hall–Kier alpha value is -1.44. The van der Waals surface area contributed by atoms with Crippen molar-refractivity contribution in [2.75, 3.05) is 0 Å². The van der Waals surface area contributed by atoms with Gasteiger partial charge in [0.25, 0.3) is 0 Å². The lowest BCUT2D eigenvalue weighted by atomic mass is 9.84. The zero-order valence-electron chi connectivity index (χ0n) is 12.2. The highest BCUT2D eigenvalue weighted by Crippen LogP contribution is 2.40. The van der Waals surface area contributed by atoms with E-state index in [1.165, 1.54) is 0 Å². The molecule has 2 atom stereocenters. The van der Waals surface area contributed by atoms with Crippen molar-refractivity contribution in [3.63, 3.8) is 0 Å². The molecule has 0 saturated carbocycles. The number of carbonyl (C=O) groups is 1. The maximum Gasteiger partial charge on any atom is 0.417 e. The monoisotopic (exact) mass is 347 g/mol. The number of rotatable bonds is 2. The lowest BCUT2D eigenvalue weighted by molar-refractivity contribution is -0.137. The van der Waals surface area contributed by atoms with E-state index in [0.29, 0.717) is 19.0 Å². The topological polar surface area (TPSA) is 64.1 Å². The zero-order valence-corrected chi connectivity index (χ0v) is 13.0. The number of carbonyl (C=O) groups excluding carboxylic acids is 1. The summed E-state index contributed by atoms with van der Waals surface area (Å²) in [7, 11) is -3.19. The quantitative estimate of drug-likeness (QED) is 0.772. The first-order valence-electron chi connectivity index (χ1n) is 7.49. The summed E-state index contributed by atoms with van der Waals surface area (Å²) < 4.78 is 62.6. The fourth-order valence-electron chi connectivity index (χ4n) is 3.59. The average molecular weight is 347 g/mol. The van der Waals surface area contributed by atoms with E-state index >= 15 is 0 Å². The van der Waals surface area contributed by atoms with Gasteiger partial charge in [-0.1, -0.05) is 6.42 Å². The van der Waals surface area contributed by atoms with Crippen LogP contribution in [0.15, 0.2) is 18.5 Å². The number of alkyl halides is 3. The maximum absolute atomic E-state index is 12.7. The van der Waals surface area contributed by atoms with Crippen LogP contribution in [0.2, 0.25) is 0 Å². The van der Waals surface area contributed by atoms with Gasteiger partial charge in [-0.3, -0.25) is 9.78 Å². The molecular formula is C15H16F3NO3S. The first kappa shape index (κ1) is 16.4. The summed E-state index contributed by atoms with van der Waals surface area (Å²) in [5.41, 5.74) is -1.06. The summed E-state index contributed by atoms with van der Waals surface area (Å²) in [4.78, 5) is 16.0. The van der Waals surface area contributed by atoms with Crippen molar-refractivity contribution < 1.29 is 26.4 Å². The minimum atomic E-state index is -4.56. The Morgan fingerprint density at radius 2 is 1.74 bits per heavy atom. The number of Topliss-reactive ketones (excluding diaryl/α,β-unsaturated/α-hetero) is 1. The third-order valence-electron chi connectivity index (χ3n) is 4.80. The molecule has 0 aliphatic carbocycles. The van der Waals surface area contributed by atoms with Gasteiger partial charge in [-0.15, -0.1) is 0 Å². The van der Waals surface area contributed by atoms with Gasteiger partial charge in [-0.2, -0.15) is 13.2 Å². The minimum absolute atomic E-state index is 0.0952. The molecule has 0 amide bonds. The van der Waals surface area contributed by atoms with Crippen LogP contribution < -0.4 is 0 Å². The summed E-state index contributed by atoms with van der Waals surface area (Å²) in [5.74, 6) is -0.977. The molecule has 0 N–H and O–H groups in total. The lowest BCUT2D eigenvalue weighted by Crippen LogP contribution is -2.45. The number of halogens is 3. The minimum Gasteiger partial charge on any atom is -0.294 e. The Labute approximate surface area is 132 Å². The van der Waals surface area contributed by atoms with Crippen LogP contribution in [0.3, 0.4) is 0 Å². The van der Waals surface area contributed by atoms with Crippen LogP contribution in [0.1, 0.15) is 48.0 Å². The van der Waals surface area contributed by atoms with Crippen molar-refractivity contribution in [2.45, 2.75) is 48.8 Å².